The van der Waals surface area contributed by atoms with Gasteiger partial charge in [0.05, 0.1) is 0 Å². The molecule has 2 rings (SSSR count). The number of amides is 3. The molecule has 0 unspecified atom stereocenters. The number of carbonyl (C=O) groups excluding carboxylic acids is 3. The molecule has 0 aliphatic rings. The van der Waals surface area contributed by atoms with Gasteiger partial charge in [-0.05, 0) is 47.4 Å². The number of anilines is 1. The van der Waals surface area contributed by atoms with Crippen LogP contribution >= 0.6 is 0 Å². The highest BCUT2D eigenvalue weighted by molar-refractivity contribution is 5.96. The van der Waals surface area contributed by atoms with Gasteiger partial charge in [0.15, 0.2) is 0 Å². The van der Waals surface area contributed by atoms with Gasteiger partial charge in [-0.25, -0.2) is 0 Å². The molecule has 30 heavy (non-hydrogen) atoms. The molecule has 3 N–H and O–H groups in total. The van der Waals surface area contributed by atoms with Crippen LogP contribution in [0, 0.1) is 5.92 Å². The van der Waals surface area contributed by atoms with Gasteiger partial charge in [0.1, 0.15) is 0 Å². The molecule has 6 nitrogen and oxygen atoms in total. The van der Waals surface area contributed by atoms with E-state index in [9.17, 15) is 14.4 Å². The Morgan fingerprint density at radius 1 is 0.767 bits per heavy atom. The van der Waals surface area contributed by atoms with Crippen molar-refractivity contribution >= 4 is 23.4 Å². The van der Waals surface area contributed by atoms with Gasteiger partial charge in [0.2, 0.25) is 5.91 Å². The van der Waals surface area contributed by atoms with E-state index in [-0.39, 0.29) is 29.1 Å². The summed E-state index contributed by atoms with van der Waals surface area (Å²) in [6.07, 6.45) is 0. The summed E-state index contributed by atoms with van der Waals surface area (Å²) in [7, 11) is 0. The van der Waals surface area contributed by atoms with Crippen LogP contribution in [0.5, 0.6) is 0 Å². The van der Waals surface area contributed by atoms with Crippen molar-refractivity contribution in [3.8, 4) is 0 Å². The van der Waals surface area contributed by atoms with Gasteiger partial charge in [0.25, 0.3) is 11.8 Å². The standard InChI is InChI=1S/C24H31N3O3/c1-16(2)21(28)27-20-12-8-18(9-13-20)23(30)26-15-14-25-22(29)17-6-10-19(11-7-17)24(3,4)5/h6-13,16H,14-15H2,1-5H3,(H,25,29)(H,26,30)(H,27,28). The minimum Gasteiger partial charge on any atom is -0.350 e. The highest BCUT2D eigenvalue weighted by atomic mass is 16.2. The Morgan fingerprint density at radius 2 is 1.20 bits per heavy atom. The normalized spacial score (nSPS) is 11.1. The zero-order valence-electron chi connectivity index (χ0n) is 18.3. The Balaban J connectivity index is 1.77. The first-order chi connectivity index (χ1) is 14.1. The maximum Gasteiger partial charge on any atom is 0.251 e. The lowest BCUT2D eigenvalue weighted by Gasteiger charge is -2.19. The average molecular weight is 410 g/mol. The van der Waals surface area contributed by atoms with E-state index in [0.717, 1.165) is 0 Å². The molecule has 0 bridgehead atoms. The smallest absolute Gasteiger partial charge is 0.251 e. The summed E-state index contributed by atoms with van der Waals surface area (Å²) in [6.45, 7) is 10.7. The predicted molar refractivity (Wildman–Crippen MR) is 120 cm³/mol. The fourth-order valence-corrected chi connectivity index (χ4v) is 2.67. The van der Waals surface area contributed by atoms with E-state index in [4.69, 9.17) is 0 Å². The molecule has 0 saturated heterocycles. The number of nitrogens with one attached hydrogen (secondary N) is 3. The van der Waals surface area contributed by atoms with E-state index >= 15 is 0 Å². The van der Waals surface area contributed by atoms with E-state index in [1.165, 1.54) is 5.56 Å². The Hall–Kier alpha value is -3.15. The molecule has 0 aliphatic heterocycles. The van der Waals surface area contributed by atoms with Crippen LogP contribution in [0.2, 0.25) is 0 Å². The summed E-state index contributed by atoms with van der Waals surface area (Å²) in [5, 5.41) is 8.36. The SMILES string of the molecule is CC(C)C(=O)Nc1ccc(C(=O)NCCNC(=O)c2ccc(C(C)(C)C)cc2)cc1. The Labute approximate surface area is 178 Å². The van der Waals surface area contributed by atoms with E-state index in [1.54, 1.807) is 24.3 Å². The van der Waals surface area contributed by atoms with Gasteiger partial charge in [0, 0.05) is 35.8 Å². The van der Waals surface area contributed by atoms with Crippen LogP contribution in [0.4, 0.5) is 5.69 Å². The fourth-order valence-electron chi connectivity index (χ4n) is 2.67. The van der Waals surface area contributed by atoms with Crippen molar-refractivity contribution in [3.05, 3.63) is 65.2 Å². The van der Waals surface area contributed by atoms with Crippen LogP contribution in [0.15, 0.2) is 48.5 Å². The summed E-state index contributed by atoms with van der Waals surface area (Å²) in [6, 6.07) is 14.2. The summed E-state index contributed by atoms with van der Waals surface area (Å²) in [4.78, 5) is 36.2. The third-order valence-electron chi connectivity index (χ3n) is 4.65. The molecule has 0 fully saturated rings. The van der Waals surface area contributed by atoms with Crippen LogP contribution in [-0.2, 0) is 10.2 Å². The van der Waals surface area contributed by atoms with Gasteiger partial charge < -0.3 is 16.0 Å². The molecule has 3 amide bonds. The monoisotopic (exact) mass is 409 g/mol. The molecule has 2 aromatic rings. The lowest BCUT2D eigenvalue weighted by molar-refractivity contribution is -0.118. The number of hydrogen-bond acceptors (Lipinski definition) is 3. The van der Waals surface area contributed by atoms with Crippen molar-refractivity contribution < 1.29 is 14.4 Å². The molecule has 0 aliphatic carbocycles. The first-order valence-electron chi connectivity index (χ1n) is 10.2. The lowest BCUT2D eigenvalue weighted by atomic mass is 9.87. The predicted octanol–water partition coefficient (Wildman–Crippen LogP) is 3.74. The number of hydrogen-bond donors (Lipinski definition) is 3. The van der Waals surface area contributed by atoms with Crippen molar-refractivity contribution in [1.82, 2.24) is 10.6 Å². The van der Waals surface area contributed by atoms with Gasteiger partial charge in [-0.1, -0.05) is 46.8 Å². The number of carbonyl (C=O) groups is 3. The third kappa shape index (κ3) is 6.72. The highest BCUT2D eigenvalue weighted by Gasteiger charge is 2.14. The van der Waals surface area contributed by atoms with Gasteiger partial charge >= 0.3 is 0 Å². The second-order valence-electron chi connectivity index (χ2n) is 8.56. The first kappa shape index (κ1) is 23.1. The van der Waals surface area contributed by atoms with Crippen molar-refractivity contribution in [1.29, 1.82) is 0 Å². The zero-order chi connectivity index (χ0) is 22.3. The maximum absolute atomic E-state index is 12.2. The summed E-state index contributed by atoms with van der Waals surface area (Å²) in [5.41, 5.74) is 2.93. The molecule has 6 heteroatoms. The molecule has 0 atom stereocenters. The van der Waals surface area contributed by atoms with E-state index in [0.29, 0.717) is 29.9 Å². The molecule has 0 radical (unpaired) electrons. The Morgan fingerprint density at radius 3 is 1.60 bits per heavy atom. The minimum atomic E-state index is -0.236. The van der Waals surface area contributed by atoms with Crippen molar-refractivity contribution in [2.75, 3.05) is 18.4 Å². The van der Waals surface area contributed by atoms with Gasteiger partial charge in [-0.2, -0.15) is 0 Å². The number of benzene rings is 2. The van der Waals surface area contributed by atoms with E-state index in [2.05, 4.69) is 36.7 Å². The van der Waals surface area contributed by atoms with Gasteiger partial charge in [-0.3, -0.25) is 14.4 Å². The highest BCUT2D eigenvalue weighted by Crippen LogP contribution is 2.22. The lowest BCUT2D eigenvalue weighted by Crippen LogP contribution is -2.34. The molecule has 2 aromatic carbocycles. The second-order valence-corrected chi connectivity index (χ2v) is 8.56. The van der Waals surface area contributed by atoms with Crippen molar-refractivity contribution in [2.45, 2.75) is 40.0 Å². The van der Waals surface area contributed by atoms with E-state index < -0.39 is 0 Å². The minimum absolute atomic E-state index is 0.0392. The maximum atomic E-state index is 12.2. The van der Waals surface area contributed by atoms with Gasteiger partial charge in [-0.15, -0.1) is 0 Å². The van der Waals surface area contributed by atoms with Crippen LogP contribution in [0.3, 0.4) is 0 Å². The third-order valence-corrected chi connectivity index (χ3v) is 4.65. The quantitative estimate of drug-likeness (QED) is 0.609. The molecule has 0 heterocycles. The molecule has 160 valence electrons. The summed E-state index contributed by atoms with van der Waals surface area (Å²) >= 11 is 0. The average Bonchev–Trinajstić information content (AvgIpc) is 2.70. The van der Waals surface area contributed by atoms with E-state index in [1.807, 2.05) is 38.1 Å². The molecular weight excluding hydrogens is 378 g/mol. The molecule has 0 spiro atoms. The Kier molecular flexibility index (Phi) is 7.75. The van der Waals surface area contributed by atoms with Crippen molar-refractivity contribution in [3.63, 3.8) is 0 Å². The Bertz CT molecular complexity index is 879. The summed E-state index contributed by atoms with van der Waals surface area (Å²) < 4.78 is 0. The largest absolute Gasteiger partial charge is 0.350 e. The van der Waals surface area contributed by atoms with Crippen LogP contribution in [-0.4, -0.2) is 30.8 Å². The second kappa shape index (κ2) is 10.1. The fraction of sp³-hybridized carbons (Fsp3) is 0.375. The van der Waals surface area contributed by atoms with Crippen molar-refractivity contribution in [2.24, 2.45) is 5.92 Å². The first-order valence-corrected chi connectivity index (χ1v) is 10.2. The van der Waals surface area contributed by atoms with Crippen LogP contribution < -0.4 is 16.0 Å². The summed E-state index contributed by atoms with van der Waals surface area (Å²) in [5.74, 6) is -0.592. The zero-order valence-corrected chi connectivity index (χ0v) is 18.3. The molecule has 0 aromatic heterocycles. The molecule has 0 saturated carbocycles. The topological polar surface area (TPSA) is 87.3 Å². The van der Waals surface area contributed by atoms with Crippen LogP contribution in [0.25, 0.3) is 0 Å². The molecular formula is C24H31N3O3. The number of rotatable bonds is 7. The van der Waals surface area contributed by atoms with Crippen LogP contribution in [0.1, 0.15) is 60.9 Å².